The van der Waals surface area contributed by atoms with Crippen molar-refractivity contribution in [1.29, 1.82) is 0 Å². The first kappa shape index (κ1) is 57.9. The number of hydrogen-bond donors (Lipinski definition) is 7. The molecule has 1 heterocycles. The molecule has 4 amide bonds. The summed E-state index contributed by atoms with van der Waals surface area (Å²) < 4.78 is 12.6. The quantitative estimate of drug-likeness (QED) is 0.0210. The van der Waals surface area contributed by atoms with Gasteiger partial charge in [-0.25, -0.2) is 0 Å². The monoisotopic (exact) mass is 945 g/mol. The average molecular weight is 945 g/mol. The van der Waals surface area contributed by atoms with Crippen molar-refractivity contribution in [3.05, 3.63) is 22.3 Å². The Bertz CT molecular complexity index is 1870. The lowest BCUT2D eigenvalue weighted by atomic mass is 9.84. The predicted molar refractivity (Wildman–Crippen MR) is 252 cm³/mol. The van der Waals surface area contributed by atoms with Gasteiger partial charge in [0.1, 0.15) is 35.2 Å². The number of benzene rings is 1. The molecule has 0 saturated carbocycles. The minimum absolute atomic E-state index is 0.318. The van der Waals surface area contributed by atoms with Gasteiger partial charge in [-0.15, -0.1) is 0 Å². The van der Waals surface area contributed by atoms with Crippen LogP contribution in [0.15, 0.2) is 0 Å². The molecule has 0 saturated heterocycles. The summed E-state index contributed by atoms with van der Waals surface area (Å²) in [6.45, 7) is 17.2. The van der Waals surface area contributed by atoms with Gasteiger partial charge in [-0.1, -0.05) is 85.5 Å². The first-order valence-electron chi connectivity index (χ1n) is 24.3. The van der Waals surface area contributed by atoms with Crippen LogP contribution in [0.1, 0.15) is 185 Å². The van der Waals surface area contributed by atoms with Gasteiger partial charge in [0.05, 0.1) is 6.42 Å². The van der Waals surface area contributed by atoms with Crippen molar-refractivity contribution < 1.29 is 63.1 Å². The molecule has 1 aromatic rings. The molecule has 8 N–H and O–H groups in total. The third-order valence-electron chi connectivity index (χ3n) is 13.0. The molecule has 17 nitrogen and oxygen atoms in total. The van der Waals surface area contributed by atoms with E-state index in [1.165, 1.54) is 51.4 Å². The second kappa shape index (κ2) is 28.8. The minimum atomic E-state index is -1.60. The summed E-state index contributed by atoms with van der Waals surface area (Å²) >= 11 is 0. The number of amides is 4. The molecule has 1 aliphatic rings. The normalized spacial score (nSPS) is 16.6. The zero-order valence-corrected chi connectivity index (χ0v) is 41.3. The van der Waals surface area contributed by atoms with Crippen LogP contribution in [0.2, 0.25) is 0 Å². The lowest BCUT2D eigenvalue weighted by molar-refractivity contribution is -0.140. The van der Waals surface area contributed by atoms with Gasteiger partial charge in [0, 0.05) is 31.2 Å². The molecule has 0 spiro atoms. The third-order valence-corrected chi connectivity index (χ3v) is 13.0. The molecule has 0 fully saturated rings. The molecule has 0 aliphatic carbocycles. The number of primary amides is 1. The third kappa shape index (κ3) is 21.5. The number of carbonyl (C=O) groups excluding carboxylic acids is 5. The van der Waals surface area contributed by atoms with E-state index in [-0.39, 0.29) is 12.0 Å². The molecule has 0 aromatic heterocycles. The first-order chi connectivity index (χ1) is 31.4. The highest BCUT2D eigenvalue weighted by molar-refractivity contribution is 5.94. The molecule has 17 heteroatoms. The number of fused-ring (bicyclic) bond motifs is 1. The maximum atomic E-state index is 13.4. The highest BCUT2D eigenvalue weighted by atomic mass is 16.5. The second-order valence-electron chi connectivity index (χ2n) is 19.5. The summed E-state index contributed by atoms with van der Waals surface area (Å²) in [6, 6.07) is -4.58. The van der Waals surface area contributed by atoms with Crippen LogP contribution in [0.25, 0.3) is 0 Å². The highest BCUT2D eigenvalue weighted by Crippen LogP contribution is 2.45. The van der Waals surface area contributed by atoms with Crippen LogP contribution in [0.3, 0.4) is 0 Å². The summed E-state index contributed by atoms with van der Waals surface area (Å²) in [6.07, 6.45) is 11.3. The van der Waals surface area contributed by atoms with E-state index in [1.54, 1.807) is 0 Å². The van der Waals surface area contributed by atoms with E-state index in [0.29, 0.717) is 5.75 Å². The smallest absolute Gasteiger partial charge is 0.311 e. The number of ether oxygens (including phenoxy) is 2. The number of rotatable bonds is 33. The fourth-order valence-electron chi connectivity index (χ4n) is 8.58. The van der Waals surface area contributed by atoms with E-state index in [2.05, 4.69) is 50.6 Å². The molecule has 1 aliphatic heterocycles. The fraction of sp³-hybridized carbons (Fsp3) is 0.720. The summed E-state index contributed by atoms with van der Waals surface area (Å²) in [5.74, 6) is -5.05. The Morgan fingerprint density at radius 1 is 0.612 bits per heavy atom. The number of nitrogens with two attached hydrogens (primary N) is 1. The summed E-state index contributed by atoms with van der Waals surface area (Å²) in [7, 11) is 0. The number of esters is 1. The minimum Gasteiger partial charge on any atom is -0.487 e. The van der Waals surface area contributed by atoms with Gasteiger partial charge in [-0.05, 0) is 107 Å². The Labute approximate surface area is 396 Å². The summed E-state index contributed by atoms with van der Waals surface area (Å²) in [5, 5.41) is 34.4. The van der Waals surface area contributed by atoms with Crippen LogP contribution < -0.4 is 31.2 Å². The Hall–Kier alpha value is -5.22. The van der Waals surface area contributed by atoms with Crippen LogP contribution in [0.5, 0.6) is 11.5 Å². The van der Waals surface area contributed by atoms with Gasteiger partial charge in [0.15, 0.2) is 0 Å². The SMILES string of the molecule is Cc1c(C)c2c(c(C)c1OC(=O)CCC(=O)NC(CCC(=O)O)C(=O)NC(CCC(=O)O)C(=O)NC(CCC(=O)O)C(N)=O)CCC(C)(CCCCCC(C)CCCC(C)CCCC(C)C)O2. The van der Waals surface area contributed by atoms with Crippen molar-refractivity contribution in [3.8, 4) is 11.5 Å². The van der Waals surface area contributed by atoms with Crippen molar-refractivity contribution in [2.45, 2.75) is 214 Å². The highest BCUT2D eigenvalue weighted by Gasteiger charge is 2.35. The zero-order valence-electron chi connectivity index (χ0n) is 41.3. The van der Waals surface area contributed by atoms with Gasteiger partial charge >= 0.3 is 23.9 Å². The van der Waals surface area contributed by atoms with Crippen LogP contribution in [-0.4, -0.2) is 86.6 Å². The van der Waals surface area contributed by atoms with Crippen LogP contribution in [0, 0.1) is 38.5 Å². The van der Waals surface area contributed by atoms with Crippen molar-refractivity contribution in [3.63, 3.8) is 0 Å². The zero-order chi connectivity index (χ0) is 50.4. The second-order valence-corrected chi connectivity index (χ2v) is 19.5. The molecule has 0 bridgehead atoms. The Morgan fingerprint density at radius 3 is 1.63 bits per heavy atom. The van der Waals surface area contributed by atoms with Gasteiger partial charge in [-0.2, -0.15) is 0 Å². The van der Waals surface area contributed by atoms with Gasteiger partial charge in [0.25, 0.3) is 0 Å². The van der Waals surface area contributed by atoms with Crippen molar-refractivity contribution in [1.82, 2.24) is 16.0 Å². The molecular formula is C50H80N4O13. The molecule has 2 rings (SSSR count). The number of carboxylic acids is 3. The van der Waals surface area contributed by atoms with E-state index < -0.39 is 111 Å². The Morgan fingerprint density at radius 2 is 1.10 bits per heavy atom. The topological polar surface area (TPSA) is 278 Å². The van der Waals surface area contributed by atoms with Crippen molar-refractivity contribution >= 4 is 47.5 Å². The van der Waals surface area contributed by atoms with E-state index in [0.717, 1.165) is 77.9 Å². The van der Waals surface area contributed by atoms with E-state index >= 15 is 0 Å². The molecule has 6 atom stereocenters. The summed E-state index contributed by atoms with van der Waals surface area (Å²) in [4.78, 5) is 98.4. The Kier molecular flexibility index (Phi) is 24.9. The number of carbonyl (C=O) groups is 8. The average Bonchev–Trinajstić information content (AvgIpc) is 3.24. The largest absolute Gasteiger partial charge is 0.487 e. The van der Waals surface area contributed by atoms with Gasteiger partial charge in [-0.3, -0.25) is 38.4 Å². The standard InChI is InChI=1S/C50H80N4O13/c1-30(2)14-12-16-32(4)18-13-17-31(3)15-10-9-11-28-50(8)29-27-36-35(7)45(33(5)34(6)46(36)67-50)66-44(62)26-22-40(55)52-38(20-24-42(58)59)48(64)54-39(21-25-43(60)61)49(65)53-37(47(51)63)19-23-41(56)57/h30-32,37-39H,9-29H2,1-8H3,(H2,51,63)(H,52,55)(H,53,65)(H,54,64)(H,56,57)(H,58,59)(H,60,61). The number of unbranched alkanes of at least 4 members (excludes halogenated alkanes) is 2. The molecule has 378 valence electrons. The predicted octanol–water partition coefficient (Wildman–Crippen LogP) is 7.13. The summed E-state index contributed by atoms with van der Waals surface area (Å²) in [5.41, 5.74) is 8.31. The Balaban J connectivity index is 1.99. The van der Waals surface area contributed by atoms with Crippen molar-refractivity contribution in [2.75, 3.05) is 0 Å². The van der Waals surface area contributed by atoms with Gasteiger partial charge in [0.2, 0.25) is 23.6 Å². The lowest BCUT2D eigenvalue weighted by Crippen LogP contribution is -2.56. The molecule has 67 heavy (non-hydrogen) atoms. The number of aliphatic carboxylic acids is 3. The van der Waals surface area contributed by atoms with E-state index in [9.17, 15) is 48.6 Å². The molecule has 6 unspecified atom stereocenters. The van der Waals surface area contributed by atoms with Crippen LogP contribution in [0.4, 0.5) is 0 Å². The van der Waals surface area contributed by atoms with Crippen molar-refractivity contribution in [2.24, 2.45) is 23.5 Å². The van der Waals surface area contributed by atoms with Crippen LogP contribution in [-0.2, 0) is 44.8 Å². The molecule has 0 radical (unpaired) electrons. The first-order valence-corrected chi connectivity index (χ1v) is 24.3. The molecular weight excluding hydrogens is 865 g/mol. The maximum absolute atomic E-state index is 13.4. The van der Waals surface area contributed by atoms with E-state index in [1.807, 2.05) is 20.8 Å². The molecule has 1 aromatic carbocycles. The van der Waals surface area contributed by atoms with Gasteiger partial charge < -0.3 is 46.5 Å². The fourth-order valence-corrected chi connectivity index (χ4v) is 8.58. The van der Waals surface area contributed by atoms with Crippen LogP contribution >= 0.6 is 0 Å². The number of nitrogens with one attached hydrogen (secondary N) is 3. The number of carboxylic acid groups (broad SMARTS) is 3. The van der Waals surface area contributed by atoms with E-state index in [4.69, 9.17) is 20.3 Å². The number of hydrogen-bond acceptors (Lipinski definition) is 10. The maximum Gasteiger partial charge on any atom is 0.311 e. The lowest BCUT2D eigenvalue weighted by Gasteiger charge is -2.38.